The lowest BCUT2D eigenvalue weighted by molar-refractivity contribution is 0.641. The highest BCUT2D eigenvalue weighted by atomic mass is 14.7. The Labute approximate surface area is 79.5 Å². The molecule has 1 nitrogen and oxygen atoms in total. The number of pyridine rings is 1. The summed E-state index contributed by atoms with van der Waals surface area (Å²) >= 11 is 0. The van der Waals surface area contributed by atoms with Gasteiger partial charge >= 0.3 is 0 Å². The third-order valence-corrected chi connectivity index (χ3v) is 2.57. The maximum absolute atomic E-state index is 4.45. The number of allylic oxidation sites excluding steroid dienone is 2. The zero-order valence-electron chi connectivity index (χ0n) is 8.03. The van der Waals surface area contributed by atoms with Crippen LogP contribution in [0, 0.1) is 6.92 Å². The summed E-state index contributed by atoms with van der Waals surface area (Å²) in [5.41, 5.74) is 2.46. The Morgan fingerprint density at radius 2 is 2.31 bits per heavy atom. The first kappa shape index (κ1) is 8.49. The first-order chi connectivity index (χ1) is 6.36. The van der Waals surface area contributed by atoms with Crippen molar-refractivity contribution in [2.75, 3.05) is 0 Å². The first-order valence-electron chi connectivity index (χ1n) is 4.95. The maximum Gasteiger partial charge on any atom is 0.0472 e. The molecule has 0 amide bonds. The van der Waals surface area contributed by atoms with Crippen LogP contribution in [0.25, 0.3) is 0 Å². The van der Waals surface area contributed by atoms with E-state index in [2.05, 4.69) is 36.2 Å². The molecule has 1 aromatic heterocycles. The smallest absolute Gasteiger partial charge is 0.0472 e. The van der Waals surface area contributed by atoms with Gasteiger partial charge in [0.15, 0.2) is 0 Å². The Morgan fingerprint density at radius 3 is 2.92 bits per heavy atom. The van der Waals surface area contributed by atoms with Gasteiger partial charge in [-0.2, -0.15) is 0 Å². The zero-order chi connectivity index (χ0) is 9.10. The second kappa shape index (κ2) is 3.73. The number of nitrogens with zero attached hydrogens (tertiary/aromatic N) is 1. The monoisotopic (exact) mass is 173 g/mol. The van der Waals surface area contributed by atoms with Crippen molar-refractivity contribution in [2.45, 2.75) is 32.1 Å². The number of hydrogen-bond donors (Lipinski definition) is 0. The lowest BCUT2D eigenvalue weighted by Gasteiger charge is -2.15. The Morgan fingerprint density at radius 1 is 1.38 bits per heavy atom. The third-order valence-electron chi connectivity index (χ3n) is 2.57. The third kappa shape index (κ3) is 1.97. The fraction of sp³-hybridized carbons (Fsp3) is 0.417. The Kier molecular flexibility index (Phi) is 2.44. The summed E-state index contributed by atoms with van der Waals surface area (Å²) in [5, 5.41) is 0. The van der Waals surface area contributed by atoms with E-state index in [-0.39, 0.29) is 0 Å². The SMILES string of the molecule is Cc1ccc(C2C=CCCC2)nc1. The molecule has 1 aromatic rings. The van der Waals surface area contributed by atoms with E-state index < -0.39 is 0 Å². The highest BCUT2D eigenvalue weighted by molar-refractivity contribution is 5.20. The van der Waals surface area contributed by atoms with Gasteiger partial charge in [0.25, 0.3) is 0 Å². The molecular weight excluding hydrogens is 158 g/mol. The van der Waals surface area contributed by atoms with Gasteiger partial charge in [-0.25, -0.2) is 0 Å². The predicted molar refractivity (Wildman–Crippen MR) is 54.7 cm³/mol. The highest BCUT2D eigenvalue weighted by Gasteiger charge is 2.11. The molecule has 0 spiro atoms. The average molecular weight is 173 g/mol. The van der Waals surface area contributed by atoms with Crippen LogP contribution in [0.1, 0.15) is 36.4 Å². The topological polar surface area (TPSA) is 12.9 Å². The van der Waals surface area contributed by atoms with Crippen LogP contribution in [-0.4, -0.2) is 4.98 Å². The van der Waals surface area contributed by atoms with E-state index in [4.69, 9.17) is 0 Å². The van der Waals surface area contributed by atoms with Crippen molar-refractivity contribution in [1.82, 2.24) is 4.98 Å². The standard InChI is InChI=1S/C12H15N/c1-10-7-8-12(13-9-10)11-5-3-2-4-6-11/h3,5,7-9,11H,2,4,6H2,1H3. The van der Waals surface area contributed by atoms with Crippen LogP contribution in [-0.2, 0) is 0 Å². The van der Waals surface area contributed by atoms with Gasteiger partial charge in [0.2, 0.25) is 0 Å². The van der Waals surface area contributed by atoms with Gasteiger partial charge < -0.3 is 0 Å². The number of rotatable bonds is 1. The summed E-state index contributed by atoms with van der Waals surface area (Å²) in [6.45, 7) is 2.08. The molecular formula is C12H15N. The molecule has 1 atom stereocenters. The molecule has 0 radical (unpaired) electrons. The van der Waals surface area contributed by atoms with Crippen molar-refractivity contribution in [3.05, 3.63) is 41.7 Å². The summed E-state index contributed by atoms with van der Waals surface area (Å²) in [5.74, 6) is 0.564. The minimum Gasteiger partial charge on any atom is -0.260 e. The van der Waals surface area contributed by atoms with E-state index in [0.717, 1.165) is 0 Å². The summed E-state index contributed by atoms with van der Waals surface area (Å²) in [4.78, 5) is 4.45. The second-order valence-corrected chi connectivity index (χ2v) is 3.73. The van der Waals surface area contributed by atoms with Crippen molar-refractivity contribution in [2.24, 2.45) is 0 Å². The molecule has 0 N–H and O–H groups in total. The molecule has 0 aromatic carbocycles. The molecule has 1 heterocycles. The maximum atomic E-state index is 4.45. The first-order valence-corrected chi connectivity index (χ1v) is 4.95. The van der Waals surface area contributed by atoms with Crippen LogP contribution in [0.4, 0.5) is 0 Å². The van der Waals surface area contributed by atoms with Crippen LogP contribution in [0.2, 0.25) is 0 Å². The molecule has 0 aliphatic heterocycles. The van der Waals surface area contributed by atoms with Gasteiger partial charge in [-0.3, -0.25) is 4.98 Å². The lowest BCUT2D eigenvalue weighted by Crippen LogP contribution is -2.01. The molecule has 0 fully saturated rings. The van der Waals surface area contributed by atoms with Crippen LogP contribution in [0.3, 0.4) is 0 Å². The Balaban J connectivity index is 2.19. The largest absolute Gasteiger partial charge is 0.260 e. The van der Waals surface area contributed by atoms with Crippen LogP contribution >= 0.6 is 0 Å². The molecule has 1 unspecified atom stereocenters. The molecule has 1 aliphatic carbocycles. The number of aryl methyl sites for hydroxylation is 1. The average Bonchev–Trinajstić information content (AvgIpc) is 2.20. The summed E-state index contributed by atoms with van der Waals surface area (Å²) < 4.78 is 0. The van der Waals surface area contributed by atoms with E-state index >= 15 is 0 Å². The van der Waals surface area contributed by atoms with Crippen molar-refractivity contribution in [3.63, 3.8) is 0 Å². The van der Waals surface area contributed by atoms with Crippen LogP contribution < -0.4 is 0 Å². The quantitative estimate of drug-likeness (QED) is 0.594. The molecule has 68 valence electrons. The van der Waals surface area contributed by atoms with E-state index in [1.807, 2.05) is 6.20 Å². The molecule has 1 heteroatoms. The Bertz CT molecular complexity index is 297. The summed E-state index contributed by atoms with van der Waals surface area (Å²) in [6.07, 6.45) is 10.3. The fourth-order valence-electron chi connectivity index (χ4n) is 1.76. The van der Waals surface area contributed by atoms with Gasteiger partial charge in [0.05, 0.1) is 0 Å². The molecule has 0 saturated heterocycles. The lowest BCUT2D eigenvalue weighted by atomic mass is 9.92. The normalized spacial score (nSPS) is 21.8. The van der Waals surface area contributed by atoms with Crippen molar-refractivity contribution in [1.29, 1.82) is 0 Å². The minimum atomic E-state index is 0.564. The molecule has 0 saturated carbocycles. The van der Waals surface area contributed by atoms with Gasteiger partial charge in [0.1, 0.15) is 0 Å². The number of hydrogen-bond acceptors (Lipinski definition) is 1. The van der Waals surface area contributed by atoms with Crippen molar-refractivity contribution >= 4 is 0 Å². The predicted octanol–water partition coefficient (Wildman–Crippen LogP) is 3.21. The molecule has 2 rings (SSSR count). The van der Waals surface area contributed by atoms with Gasteiger partial charge in [-0.15, -0.1) is 0 Å². The fourth-order valence-corrected chi connectivity index (χ4v) is 1.76. The van der Waals surface area contributed by atoms with Crippen LogP contribution in [0.15, 0.2) is 30.5 Å². The van der Waals surface area contributed by atoms with Crippen molar-refractivity contribution < 1.29 is 0 Å². The summed E-state index contributed by atoms with van der Waals surface area (Å²) in [7, 11) is 0. The molecule has 0 bridgehead atoms. The van der Waals surface area contributed by atoms with E-state index in [0.29, 0.717) is 5.92 Å². The van der Waals surface area contributed by atoms with E-state index in [1.165, 1.54) is 30.5 Å². The zero-order valence-corrected chi connectivity index (χ0v) is 8.03. The molecule has 1 aliphatic rings. The van der Waals surface area contributed by atoms with E-state index in [9.17, 15) is 0 Å². The highest BCUT2D eigenvalue weighted by Crippen LogP contribution is 2.25. The number of aromatic nitrogens is 1. The van der Waals surface area contributed by atoms with Gasteiger partial charge in [0, 0.05) is 17.8 Å². The minimum absolute atomic E-state index is 0.564. The molecule has 13 heavy (non-hydrogen) atoms. The van der Waals surface area contributed by atoms with Crippen molar-refractivity contribution in [3.8, 4) is 0 Å². The van der Waals surface area contributed by atoms with E-state index in [1.54, 1.807) is 0 Å². The van der Waals surface area contributed by atoms with Crippen LogP contribution in [0.5, 0.6) is 0 Å². The van der Waals surface area contributed by atoms with Gasteiger partial charge in [-0.05, 0) is 37.8 Å². The van der Waals surface area contributed by atoms with Gasteiger partial charge in [-0.1, -0.05) is 18.2 Å². The summed E-state index contributed by atoms with van der Waals surface area (Å²) in [6, 6.07) is 4.29. The second-order valence-electron chi connectivity index (χ2n) is 3.73. The Hall–Kier alpha value is -1.11.